The molecule has 2 N–H and O–H groups in total. The van der Waals surface area contributed by atoms with Gasteiger partial charge in [0.25, 0.3) is 0 Å². The van der Waals surface area contributed by atoms with Crippen molar-refractivity contribution in [2.24, 2.45) is 17.1 Å². The SMILES string of the molecule is CC(C)(C)C1CCCN(C2CS(=O)(=O)CC2N)CC1. The summed E-state index contributed by atoms with van der Waals surface area (Å²) in [7, 11) is -2.91. The molecule has 0 aromatic heterocycles. The van der Waals surface area contributed by atoms with E-state index in [2.05, 4.69) is 25.7 Å². The van der Waals surface area contributed by atoms with Crippen LogP contribution in [0.2, 0.25) is 0 Å². The van der Waals surface area contributed by atoms with E-state index < -0.39 is 9.84 Å². The van der Waals surface area contributed by atoms with E-state index in [4.69, 9.17) is 5.73 Å². The molecule has 5 heteroatoms. The van der Waals surface area contributed by atoms with Crippen molar-refractivity contribution >= 4 is 9.84 Å². The highest BCUT2D eigenvalue weighted by atomic mass is 32.2. The van der Waals surface area contributed by atoms with Gasteiger partial charge < -0.3 is 5.73 Å². The molecule has 0 bridgehead atoms. The molecule has 3 atom stereocenters. The topological polar surface area (TPSA) is 63.4 Å². The van der Waals surface area contributed by atoms with E-state index >= 15 is 0 Å². The minimum Gasteiger partial charge on any atom is -0.325 e. The first kappa shape index (κ1) is 15.3. The third-order valence-electron chi connectivity index (χ3n) is 4.82. The zero-order valence-corrected chi connectivity index (χ0v) is 13.2. The molecule has 2 heterocycles. The van der Waals surface area contributed by atoms with E-state index in [9.17, 15) is 8.42 Å². The lowest BCUT2D eigenvalue weighted by atomic mass is 9.77. The fourth-order valence-electron chi connectivity index (χ4n) is 3.55. The number of hydrogen-bond donors (Lipinski definition) is 1. The summed E-state index contributed by atoms with van der Waals surface area (Å²) in [6.45, 7) is 8.91. The molecular formula is C14H28N2O2S. The van der Waals surface area contributed by atoms with Crippen LogP contribution in [0.15, 0.2) is 0 Å². The van der Waals surface area contributed by atoms with Crippen LogP contribution in [0.5, 0.6) is 0 Å². The minimum atomic E-state index is -2.91. The number of nitrogens with two attached hydrogens (primary N) is 1. The summed E-state index contributed by atoms with van der Waals surface area (Å²) in [6, 6.07) is -0.153. The number of nitrogens with zero attached hydrogens (tertiary/aromatic N) is 1. The van der Waals surface area contributed by atoms with Crippen molar-refractivity contribution in [1.82, 2.24) is 4.90 Å². The highest BCUT2D eigenvalue weighted by Crippen LogP contribution is 2.35. The van der Waals surface area contributed by atoms with Crippen molar-refractivity contribution in [2.75, 3.05) is 24.6 Å². The maximum atomic E-state index is 11.7. The molecule has 0 radical (unpaired) electrons. The predicted molar refractivity (Wildman–Crippen MR) is 78.8 cm³/mol. The van der Waals surface area contributed by atoms with Gasteiger partial charge in [-0.1, -0.05) is 20.8 Å². The number of likely N-dealkylation sites (tertiary alicyclic amines) is 1. The molecule has 19 heavy (non-hydrogen) atoms. The van der Waals surface area contributed by atoms with Crippen molar-refractivity contribution in [3.63, 3.8) is 0 Å². The molecule has 2 aliphatic rings. The summed E-state index contributed by atoms with van der Waals surface area (Å²) < 4.78 is 23.4. The van der Waals surface area contributed by atoms with Crippen LogP contribution >= 0.6 is 0 Å². The number of rotatable bonds is 1. The summed E-state index contributed by atoms with van der Waals surface area (Å²) in [6.07, 6.45) is 3.56. The Morgan fingerprint density at radius 1 is 1.11 bits per heavy atom. The highest BCUT2D eigenvalue weighted by Gasteiger charge is 2.39. The lowest BCUT2D eigenvalue weighted by Crippen LogP contribution is -2.47. The van der Waals surface area contributed by atoms with E-state index in [0.29, 0.717) is 5.41 Å². The lowest BCUT2D eigenvalue weighted by molar-refractivity contribution is 0.183. The number of sulfone groups is 1. The molecule has 0 spiro atoms. The first-order chi connectivity index (χ1) is 8.69. The lowest BCUT2D eigenvalue weighted by Gasteiger charge is -2.31. The summed E-state index contributed by atoms with van der Waals surface area (Å²) in [5.41, 5.74) is 6.38. The standard InChI is InChI=1S/C14H28N2O2S/c1-14(2,3)11-5-4-7-16(8-6-11)13-10-19(17,18)9-12(13)15/h11-13H,4-10,15H2,1-3H3. The molecule has 3 unspecified atom stereocenters. The van der Waals surface area contributed by atoms with Crippen molar-refractivity contribution in [2.45, 2.75) is 52.1 Å². The van der Waals surface area contributed by atoms with E-state index in [1.54, 1.807) is 0 Å². The van der Waals surface area contributed by atoms with Gasteiger partial charge in [-0.3, -0.25) is 4.90 Å². The van der Waals surface area contributed by atoms with Gasteiger partial charge >= 0.3 is 0 Å². The molecule has 4 nitrogen and oxygen atoms in total. The molecule has 112 valence electrons. The van der Waals surface area contributed by atoms with Crippen molar-refractivity contribution in [1.29, 1.82) is 0 Å². The van der Waals surface area contributed by atoms with E-state index in [1.807, 2.05) is 0 Å². The van der Waals surface area contributed by atoms with Gasteiger partial charge in [-0.15, -0.1) is 0 Å². The van der Waals surface area contributed by atoms with Gasteiger partial charge in [0.05, 0.1) is 11.5 Å². The predicted octanol–water partition coefficient (Wildman–Crippen LogP) is 1.26. The van der Waals surface area contributed by atoms with Crippen molar-refractivity contribution in [3.8, 4) is 0 Å². The van der Waals surface area contributed by atoms with E-state index in [1.165, 1.54) is 6.42 Å². The maximum absolute atomic E-state index is 11.7. The van der Waals surface area contributed by atoms with Crippen LogP contribution in [-0.4, -0.2) is 50.0 Å². The fraction of sp³-hybridized carbons (Fsp3) is 1.00. The van der Waals surface area contributed by atoms with E-state index in [-0.39, 0.29) is 23.6 Å². The Morgan fingerprint density at radius 2 is 1.79 bits per heavy atom. The molecule has 2 aliphatic heterocycles. The third kappa shape index (κ3) is 3.70. The Hall–Kier alpha value is -0.130. The first-order valence-corrected chi connectivity index (χ1v) is 9.21. The average Bonchev–Trinajstić information content (AvgIpc) is 2.48. The van der Waals surface area contributed by atoms with Crippen LogP contribution in [0.3, 0.4) is 0 Å². The second kappa shape index (κ2) is 5.34. The van der Waals surface area contributed by atoms with Crippen LogP contribution in [0.1, 0.15) is 40.0 Å². The van der Waals surface area contributed by atoms with Crippen LogP contribution in [0.25, 0.3) is 0 Å². The second-order valence-corrected chi connectivity index (χ2v) is 9.49. The monoisotopic (exact) mass is 288 g/mol. The van der Waals surface area contributed by atoms with Crippen LogP contribution in [0, 0.1) is 11.3 Å². The van der Waals surface area contributed by atoms with Gasteiger partial charge in [-0.2, -0.15) is 0 Å². The Morgan fingerprint density at radius 3 is 2.32 bits per heavy atom. The molecule has 0 aromatic carbocycles. The fourth-order valence-corrected chi connectivity index (χ4v) is 5.47. The van der Waals surface area contributed by atoms with Crippen molar-refractivity contribution in [3.05, 3.63) is 0 Å². The minimum absolute atomic E-state index is 0.0451. The molecule has 0 aliphatic carbocycles. The van der Waals surface area contributed by atoms with Gasteiger partial charge in [0, 0.05) is 12.1 Å². The normalized spacial score (nSPS) is 37.2. The van der Waals surface area contributed by atoms with Gasteiger partial charge in [0.2, 0.25) is 0 Å². The molecule has 2 fully saturated rings. The van der Waals surface area contributed by atoms with Gasteiger partial charge in [0.15, 0.2) is 9.84 Å². The number of hydrogen-bond acceptors (Lipinski definition) is 4. The Labute approximate surface area is 117 Å². The zero-order valence-electron chi connectivity index (χ0n) is 12.4. The Balaban J connectivity index is 2.00. The van der Waals surface area contributed by atoms with Crippen LogP contribution in [-0.2, 0) is 9.84 Å². The summed E-state index contributed by atoms with van der Waals surface area (Å²) in [5, 5.41) is 0. The van der Waals surface area contributed by atoms with Crippen molar-refractivity contribution < 1.29 is 8.42 Å². The third-order valence-corrected chi connectivity index (χ3v) is 6.56. The average molecular weight is 288 g/mol. The summed E-state index contributed by atoms with van der Waals surface area (Å²) >= 11 is 0. The summed E-state index contributed by atoms with van der Waals surface area (Å²) in [5.74, 6) is 1.15. The van der Waals surface area contributed by atoms with E-state index in [0.717, 1.165) is 31.8 Å². The molecule has 2 rings (SSSR count). The highest BCUT2D eigenvalue weighted by molar-refractivity contribution is 7.91. The smallest absolute Gasteiger partial charge is 0.153 e. The Bertz CT molecular complexity index is 414. The van der Waals surface area contributed by atoms with Crippen LogP contribution < -0.4 is 5.73 Å². The Kier molecular flexibility index (Phi) is 4.29. The van der Waals surface area contributed by atoms with Gasteiger partial charge in [-0.05, 0) is 43.7 Å². The molecule has 2 saturated heterocycles. The second-order valence-electron chi connectivity index (χ2n) is 7.34. The molecule has 0 amide bonds. The molecule has 0 saturated carbocycles. The van der Waals surface area contributed by atoms with Gasteiger partial charge in [-0.25, -0.2) is 8.42 Å². The summed E-state index contributed by atoms with van der Waals surface area (Å²) in [4.78, 5) is 2.33. The molecular weight excluding hydrogens is 260 g/mol. The van der Waals surface area contributed by atoms with Crippen LogP contribution in [0.4, 0.5) is 0 Å². The zero-order chi connectivity index (χ0) is 14.3. The first-order valence-electron chi connectivity index (χ1n) is 7.39. The molecule has 0 aromatic rings. The van der Waals surface area contributed by atoms with Gasteiger partial charge in [0.1, 0.15) is 0 Å². The largest absolute Gasteiger partial charge is 0.325 e. The quantitative estimate of drug-likeness (QED) is 0.789. The maximum Gasteiger partial charge on any atom is 0.153 e.